The molecule has 0 atom stereocenters. The fourth-order valence-electron chi connectivity index (χ4n) is 3.39. The van der Waals surface area contributed by atoms with Gasteiger partial charge in [0.2, 0.25) is 0 Å². The summed E-state index contributed by atoms with van der Waals surface area (Å²) in [5.41, 5.74) is 0. The van der Waals surface area contributed by atoms with Crippen molar-refractivity contribution in [2.45, 2.75) is 103 Å². The number of unbranched alkanes of at least 4 members (excludes halogenated alkanes) is 7. The first kappa shape index (κ1) is 19.5. The second kappa shape index (κ2) is 14.1. The Morgan fingerprint density at radius 3 is 2.09 bits per heavy atom. The first-order valence-corrected chi connectivity index (χ1v) is 9.78. The van der Waals surface area contributed by atoms with Crippen LogP contribution in [0.5, 0.6) is 0 Å². The van der Waals surface area contributed by atoms with Gasteiger partial charge in [0, 0.05) is 6.42 Å². The van der Waals surface area contributed by atoms with Gasteiger partial charge in [0.25, 0.3) is 0 Å². The Morgan fingerprint density at radius 2 is 1.45 bits per heavy atom. The summed E-state index contributed by atoms with van der Waals surface area (Å²) in [6.45, 7) is 4.51. The van der Waals surface area contributed by atoms with Crippen molar-refractivity contribution in [3.05, 3.63) is 6.92 Å². The molecule has 1 radical (unpaired) electrons. The van der Waals surface area contributed by atoms with Crippen LogP contribution in [0.15, 0.2) is 0 Å². The van der Waals surface area contributed by atoms with Crippen molar-refractivity contribution in [3.63, 3.8) is 0 Å². The Labute approximate surface area is 138 Å². The number of carbonyl (C=O) groups excluding carboxylic acids is 1. The van der Waals surface area contributed by atoms with Crippen molar-refractivity contribution >= 4 is 5.97 Å². The molecule has 0 aromatic rings. The highest BCUT2D eigenvalue weighted by Crippen LogP contribution is 2.25. The van der Waals surface area contributed by atoms with Crippen LogP contribution in [0.4, 0.5) is 0 Å². The zero-order valence-electron chi connectivity index (χ0n) is 14.6. The van der Waals surface area contributed by atoms with Crippen molar-refractivity contribution in [2.24, 2.45) is 5.92 Å². The topological polar surface area (TPSA) is 26.3 Å². The molecule has 0 spiro atoms. The lowest BCUT2D eigenvalue weighted by molar-refractivity contribution is -0.144. The van der Waals surface area contributed by atoms with E-state index in [0.717, 1.165) is 25.2 Å². The van der Waals surface area contributed by atoms with Gasteiger partial charge in [0.15, 0.2) is 0 Å². The van der Waals surface area contributed by atoms with Crippen LogP contribution in [0.25, 0.3) is 0 Å². The first-order valence-electron chi connectivity index (χ1n) is 9.78. The van der Waals surface area contributed by atoms with Gasteiger partial charge in [-0.2, -0.15) is 0 Å². The number of hydrogen-bond donors (Lipinski definition) is 0. The molecule has 129 valence electrons. The molecular weight excluding hydrogens is 272 g/mol. The molecule has 0 amide bonds. The molecule has 1 aliphatic carbocycles. The van der Waals surface area contributed by atoms with Crippen LogP contribution >= 0.6 is 0 Å². The first-order chi connectivity index (χ1) is 10.8. The van der Waals surface area contributed by atoms with E-state index in [0.29, 0.717) is 13.0 Å². The van der Waals surface area contributed by atoms with E-state index in [1.54, 1.807) is 0 Å². The van der Waals surface area contributed by atoms with Crippen LogP contribution in [-0.4, -0.2) is 12.6 Å². The normalized spacial score (nSPS) is 16.4. The smallest absolute Gasteiger partial charge is 0.305 e. The molecule has 1 saturated carbocycles. The van der Waals surface area contributed by atoms with Gasteiger partial charge in [-0.15, -0.1) is 0 Å². The van der Waals surface area contributed by atoms with Gasteiger partial charge >= 0.3 is 5.97 Å². The lowest BCUT2D eigenvalue weighted by Gasteiger charge is -2.13. The monoisotopic (exact) mass is 309 g/mol. The predicted molar refractivity (Wildman–Crippen MR) is 93.7 cm³/mol. The van der Waals surface area contributed by atoms with Gasteiger partial charge in [0.1, 0.15) is 0 Å². The molecule has 0 unspecified atom stereocenters. The largest absolute Gasteiger partial charge is 0.466 e. The van der Waals surface area contributed by atoms with Gasteiger partial charge in [-0.1, -0.05) is 90.4 Å². The number of hydrogen-bond acceptors (Lipinski definition) is 2. The molecule has 1 rings (SSSR count). The molecule has 0 saturated heterocycles. The molecular formula is C20H37O2. The Morgan fingerprint density at radius 1 is 0.864 bits per heavy atom. The maximum Gasteiger partial charge on any atom is 0.305 e. The fourth-order valence-corrected chi connectivity index (χ4v) is 3.39. The van der Waals surface area contributed by atoms with Gasteiger partial charge in [-0.25, -0.2) is 0 Å². The quantitative estimate of drug-likeness (QED) is 0.242. The van der Waals surface area contributed by atoms with Crippen LogP contribution in [0, 0.1) is 12.8 Å². The highest BCUT2D eigenvalue weighted by atomic mass is 16.5. The van der Waals surface area contributed by atoms with Crippen molar-refractivity contribution in [1.29, 1.82) is 0 Å². The van der Waals surface area contributed by atoms with E-state index in [9.17, 15) is 4.79 Å². The summed E-state index contributed by atoms with van der Waals surface area (Å²) in [5.74, 6) is 0.819. The van der Waals surface area contributed by atoms with Crippen LogP contribution in [0.1, 0.15) is 103 Å². The standard InChI is InChI=1S/C20H37O2/c1-2-3-4-5-6-7-8-13-16-20(21)22-18-17-19-14-11-9-10-12-15-19/h19H,1-18H2. The summed E-state index contributed by atoms with van der Waals surface area (Å²) in [4.78, 5) is 11.7. The Balaban J connectivity index is 1.86. The summed E-state index contributed by atoms with van der Waals surface area (Å²) >= 11 is 0. The zero-order chi connectivity index (χ0) is 15.9. The van der Waals surface area contributed by atoms with Crippen LogP contribution in [0.3, 0.4) is 0 Å². The lowest BCUT2D eigenvalue weighted by Crippen LogP contribution is -2.09. The summed E-state index contributed by atoms with van der Waals surface area (Å²) in [6.07, 6.45) is 19.6. The highest BCUT2D eigenvalue weighted by molar-refractivity contribution is 5.69. The molecule has 1 fully saturated rings. The summed E-state index contributed by atoms with van der Waals surface area (Å²) in [5, 5.41) is 0. The second-order valence-corrected chi connectivity index (χ2v) is 6.95. The Bertz CT molecular complexity index is 254. The summed E-state index contributed by atoms with van der Waals surface area (Å²) in [6, 6.07) is 0. The molecule has 0 N–H and O–H groups in total. The molecule has 0 aliphatic heterocycles. The number of rotatable bonds is 12. The number of ether oxygens (including phenoxy) is 1. The maximum atomic E-state index is 11.7. The SMILES string of the molecule is [CH2]CCCCCCCCCC(=O)OCCC1CCCCCC1. The molecule has 0 aromatic carbocycles. The average molecular weight is 310 g/mol. The van der Waals surface area contributed by atoms with E-state index < -0.39 is 0 Å². The van der Waals surface area contributed by atoms with E-state index in [2.05, 4.69) is 6.92 Å². The lowest BCUT2D eigenvalue weighted by atomic mass is 9.97. The van der Waals surface area contributed by atoms with Crippen LogP contribution < -0.4 is 0 Å². The molecule has 22 heavy (non-hydrogen) atoms. The van der Waals surface area contributed by atoms with Crippen molar-refractivity contribution in [3.8, 4) is 0 Å². The molecule has 0 aromatic heterocycles. The maximum absolute atomic E-state index is 11.7. The minimum atomic E-state index is 0.0191. The molecule has 0 heterocycles. The van der Waals surface area contributed by atoms with Crippen molar-refractivity contribution < 1.29 is 9.53 Å². The van der Waals surface area contributed by atoms with E-state index in [1.807, 2.05) is 0 Å². The fraction of sp³-hybridized carbons (Fsp3) is 0.900. The third kappa shape index (κ3) is 11.1. The van der Waals surface area contributed by atoms with Gasteiger partial charge in [0.05, 0.1) is 6.61 Å². The molecule has 2 nitrogen and oxygen atoms in total. The average Bonchev–Trinajstić information content (AvgIpc) is 2.79. The number of esters is 1. The minimum absolute atomic E-state index is 0.0191. The van der Waals surface area contributed by atoms with Crippen molar-refractivity contribution in [1.82, 2.24) is 0 Å². The van der Waals surface area contributed by atoms with E-state index >= 15 is 0 Å². The molecule has 0 bridgehead atoms. The van der Waals surface area contributed by atoms with Gasteiger partial charge in [-0.3, -0.25) is 4.79 Å². The summed E-state index contributed by atoms with van der Waals surface area (Å²) < 4.78 is 5.40. The minimum Gasteiger partial charge on any atom is -0.466 e. The van der Waals surface area contributed by atoms with Crippen LogP contribution in [-0.2, 0) is 9.53 Å². The number of carbonyl (C=O) groups is 1. The van der Waals surface area contributed by atoms with Crippen LogP contribution in [0.2, 0.25) is 0 Å². The Kier molecular flexibility index (Phi) is 12.5. The zero-order valence-corrected chi connectivity index (χ0v) is 14.6. The second-order valence-electron chi connectivity index (χ2n) is 6.95. The predicted octanol–water partition coefficient (Wildman–Crippen LogP) is 6.24. The third-order valence-electron chi connectivity index (χ3n) is 4.89. The van der Waals surface area contributed by atoms with Crippen molar-refractivity contribution in [2.75, 3.05) is 6.61 Å². The van der Waals surface area contributed by atoms with Gasteiger partial charge in [-0.05, 0) is 18.8 Å². The summed E-state index contributed by atoms with van der Waals surface area (Å²) in [7, 11) is 0. The van der Waals surface area contributed by atoms with E-state index in [1.165, 1.54) is 77.0 Å². The van der Waals surface area contributed by atoms with E-state index in [-0.39, 0.29) is 5.97 Å². The third-order valence-corrected chi connectivity index (χ3v) is 4.89. The van der Waals surface area contributed by atoms with Gasteiger partial charge < -0.3 is 4.74 Å². The molecule has 2 heteroatoms. The van der Waals surface area contributed by atoms with E-state index in [4.69, 9.17) is 4.74 Å². The Hall–Kier alpha value is -0.530. The molecule has 1 aliphatic rings. The highest BCUT2D eigenvalue weighted by Gasteiger charge is 2.12.